The van der Waals surface area contributed by atoms with Crippen molar-refractivity contribution in [3.63, 3.8) is 0 Å². The first-order valence-corrected chi connectivity index (χ1v) is 17.6. The third-order valence-corrected chi connectivity index (χ3v) is 9.19. The molecule has 0 saturated heterocycles. The van der Waals surface area contributed by atoms with Crippen LogP contribution in [0.3, 0.4) is 0 Å². The molecule has 7 aromatic rings. The van der Waals surface area contributed by atoms with Crippen LogP contribution in [0.25, 0.3) is 44.8 Å². The monoisotopic (exact) mass is 648 g/mol. The molecule has 0 bridgehead atoms. The lowest BCUT2D eigenvalue weighted by Crippen LogP contribution is -2.39. The molecule has 7 rings (SSSR count). The molecule has 0 spiro atoms. The largest absolute Gasteiger partial charge is 0.493 e. The van der Waals surface area contributed by atoms with Gasteiger partial charge in [0, 0.05) is 29.7 Å². The lowest BCUT2D eigenvalue weighted by Gasteiger charge is -2.17. The summed E-state index contributed by atoms with van der Waals surface area (Å²) in [5.74, 6) is 0.884. The summed E-state index contributed by atoms with van der Waals surface area (Å²) in [4.78, 5) is 0. The second-order valence-electron chi connectivity index (χ2n) is 12.4. The zero-order valence-electron chi connectivity index (χ0n) is 28.6. The Labute approximate surface area is 296 Å². The predicted molar refractivity (Wildman–Crippen MR) is 209 cm³/mol. The van der Waals surface area contributed by atoms with Crippen molar-refractivity contribution in [3.05, 3.63) is 205 Å². The van der Waals surface area contributed by atoms with Gasteiger partial charge in [0.1, 0.15) is 5.75 Å². The summed E-state index contributed by atoms with van der Waals surface area (Å²) in [5.41, 5.74) is 13.5. The molecule has 6 aromatic carbocycles. The van der Waals surface area contributed by atoms with Gasteiger partial charge in [-0.2, -0.15) is 4.57 Å². The van der Waals surface area contributed by atoms with E-state index in [0.717, 1.165) is 25.1 Å². The number of rotatable bonds is 12. The van der Waals surface area contributed by atoms with E-state index in [9.17, 15) is 0 Å². The van der Waals surface area contributed by atoms with Gasteiger partial charge in [-0.15, -0.1) is 0 Å². The van der Waals surface area contributed by atoms with Gasteiger partial charge in [0.2, 0.25) is 11.4 Å². The first kappa shape index (κ1) is 32.6. The van der Waals surface area contributed by atoms with Crippen molar-refractivity contribution in [1.29, 1.82) is 0 Å². The van der Waals surface area contributed by atoms with Crippen LogP contribution >= 0.6 is 0 Å². The SMILES string of the molecule is CC/C(=C(/c1ccccc1)c1ccc(OCCC[n+]2c(-c3ccccc3)cc(-c3ccccc3)cc2-c2ccccc2)cc1)c1ccccc1. The van der Waals surface area contributed by atoms with Crippen molar-refractivity contribution in [3.8, 4) is 39.4 Å². The highest BCUT2D eigenvalue weighted by molar-refractivity contribution is 5.98. The van der Waals surface area contributed by atoms with E-state index in [-0.39, 0.29) is 0 Å². The third-order valence-electron chi connectivity index (χ3n) is 9.19. The highest BCUT2D eigenvalue weighted by atomic mass is 16.5. The molecule has 0 amide bonds. The van der Waals surface area contributed by atoms with Crippen molar-refractivity contribution in [1.82, 2.24) is 0 Å². The van der Waals surface area contributed by atoms with Gasteiger partial charge in [0.15, 0.2) is 6.54 Å². The second-order valence-corrected chi connectivity index (χ2v) is 12.4. The molecular weight excluding hydrogens is 607 g/mol. The van der Waals surface area contributed by atoms with Gasteiger partial charge < -0.3 is 4.74 Å². The summed E-state index contributed by atoms with van der Waals surface area (Å²) in [7, 11) is 0. The molecule has 0 saturated carbocycles. The number of hydrogen-bond donors (Lipinski definition) is 0. The molecule has 0 unspecified atom stereocenters. The lowest BCUT2D eigenvalue weighted by atomic mass is 9.88. The maximum Gasteiger partial charge on any atom is 0.213 e. The van der Waals surface area contributed by atoms with Crippen LogP contribution in [-0.2, 0) is 6.54 Å². The highest BCUT2D eigenvalue weighted by Crippen LogP contribution is 2.35. The molecule has 1 aromatic heterocycles. The number of ether oxygens (including phenoxy) is 1. The maximum atomic E-state index is 6.39. The zero-order chi connectivity index (χ0) is 34.0. The lowest BCUT2D eigenvalue weighted by molar-refractivity contribution is -0.675. The van der Waals surface area contributed by atoms with Gasteiger partial charge >= 0.3 is 0 Å². The van der Waals surface area contributed by atoms with Crippen LogP contribution in [0.15, 0.2) is 188 Å². The summed E-state index contributed by atoms with van der Waals surface area (Å²) in [6.07, 6.45) is 1.80. The molecule has 0 atom stereocenters. The Hall–Kier alpha value is -5.99. The van der Waals surface area contributed by atoms with Crippen LogP contribution in [0.4, 0.5) is 0 Å². The Morgan fingerprint density at radius 1 is 0.460 bits per heavy atom. The molecule has 0 aliphatic heterocycles. The molecule has 0 aliphatic carbocycles. The highest BCUT2D eigenvalue weighted by Gasteiger charge is 2.22. The molecule has 0 radical (unpaired) electrons. The van der Waals surface area contributed by atoms with Crippen LogP contribution in [0, 0.1) is 0 Å². The average molecular weight is 649 g/mol. The van der Waals surface area contributed by atoms with E-state index in [2.05, 4.69) is 200 Å². The van der Waals surface area contributed by atoms with Crippen molar-refractivity contribution >= 4 is 11.1 Å². The normalized spacial score (nSPS) is 11.5. The van der Waals surface area contributed by atoms with E-state index in [0.29, 0.717) is 6.61 Å². The minimum atomic E-state index is 0.612. The summed E-state index contributed by atoms with van der Waals surface area (Å²) < 4.78 is 8.85. The van der Waals surface area contributed by atoms with E-state index < -0.39 is 0 Å². The predicted octanol–water partition coefficient (Wildman–Crippen LogP) is 11.8. The summed E-state index contributed by atoms with van der Waals surface area (Å²) >= 11 is 0. The minimum absolute atomic E-state index is 0.612. The van der Waals surface area contributed by atoms with Gasteiger partial charge in [0.05, 0.1) is 6.61 Å². The number of nitrogens with zero attached hydrogens (tertiary/aromatic N) is 1. The van der Waals surface area contributed by atoms with Crippen molar-refractivity contribution in [2.75, 3.05) is 6.61 Å². The van der Waals surface area contributed by atoms with Crippen molar-refractivity contribution in [2.45, 2.75) is 26.3 Å². The Bertz CT molecular complexity index is 2080. The number of allylic oxidation sites excluding steroid dienone is 1. The van der Waals surface area contributed by atoms with Gasteiger partial charge in [-0.3, -0.25) is 0 Å². The molecule has 2 heteroatoms. The number of hydrogen-bond acceptors (Lipinski definition) is 1. The van der Waals surface area contributed by atoms with Crippen LogP contribution in [0.2, 0.25) is 0 Å². The molecule has 244 valence electrons. The van der Waals surface area contributed by atoms with Crippen LogP contribution in [0.5, 0.6) is 5.75 Å². The fraction of sp³-hybridized carbons (Fsp3) is 0.104. The van der Waals surface area contributed by atoms with Crippen LogP contribution < -0.4 is 9.30 Å². The third kappa shape index (κ3) is 7.51. The Kier molecular flexibility index (Phi) is 10.4. The van der Waals surface area contributed by atoms with Gasteiger partial charge in [0.25, 0.3) is 0 Å². The molecule has 0 fully saturated rings. The van der Waals surface area contributed by atoms with Crippen LogP contribution in [-0.4, -0.2) is 6.61 Å². The molecule has 50 heavy (non-hydrogen) atoms. The fourth-order valence-electron chi connectivity index (χ4n) is 6.77. The first-order chi connectivity index (χ1) is 24.8. The van der Waals surface area contributed by atoms with Gasteiger partial charge in [-0.25, -0.2) is 0 Å². The standard InChI is InChI=1S/C48H42NO/c1-2-45(38-21-10-4-11-22-38)48(41-27-16-7-17-28-41)42-29-31-44(32-30-42)50-34-18-33-49-46(39-23-12-5-13-24-39)35-43(37-19-8-3-9-20-37)36-47(49)40-25-14-6-15-26-40/h3-17,19-32,35-36H,2,18,33-34H2,1H3/q+1/b48-45+. The molecule has 0 aliphatic rings. The summed E-state index contributed by atoms with van der Waals surface area (Å²) in [5, 5.41) is 0. The molecule has 2 nitrogen and oxygen atoms in total. The topological polar surface area (TPSA) is 13.1 Å². The Morgan fingerprint density at radius 2 is 0.900 bits per heavy atom. The molecule has 0 N–H and O–H groups in total. The van der Waals surface area contributed by atoms with E-state index in [1.54, 1.807) is 0 Å². The Balaban J connectivity index is 1.15. The van der Waals surface area contributed by atoms with E-state index in [1.165, 1.54) is 61.5 Å². The number of pyridine rings is 1. The number of aromatic nitrogens is 1. The zero-order valence-corrected chi connectivity index (χ0v) is 28.6. The smallest absolute Gasteiger partial charge is 0.213 e. The fourth-order valence-corrected chi connectivity index (χ4v) is 6.77. The average Bonchev–Trinajstić information content (AvgIpc) is 3.20. The van der Waals surface area contributed by atoms with E-state index in [1.807, 2.05) is 0 Å². The summed E-state index contributed by atoms with van der Waals surface area (Å²) in [6, 6.07) is 66.8. The van der Waals surface area contributed by atoms with Gasteiger partial charge in [-0.05, 0) is 81.8 Å². The molecule has 1 heterocycles. The quantitative estimate of drug-likeness (QED) is 0.0730. The Morgan fingerprint density at radius 3 is 1.40 bits per heavy atom. The van der Waals surface area contributed by atoms with E-state index >= 15 is 0 Å². The van der Waals surface area contributed by atoms with E-state index in [4.69, 9.17) is 4.74 Å². The van der Waals surface area contributed by atoms with Gasteiger partial charge in [-0.1, -0.05) is 146 Å². The van der Waals surface area contributed by atoms with Crippen molar-refractivity contribution < 1.29 is 9.30 Å². The second kappa shape index (κ2) is 15.9. The first-order valence-electron chi connectivity index (χ1n) is 17.6. The van der Waals surface area contributed by atoms with Crippen LogP contribution in [0.1, 0.15) is 36.5 Å². The summed E-state index contributed by atoms with van der Waals surface area (Å²) in [6.45, 7) is 3.67. The van der Waals surface area contributed by atoms with Crippen molar-refractivity contribution in [2.24, 2.45) is 0 Å². The minimum Gasteiger partial charge on any atom is -0.493 e. The molecular formula is C48H42NO+. The maximum absolute atomic E-state index is 6.39. The number of benzene rings is 6.